The Morgan fingerprint density at radius 1 is 1.04 bits per heavy atom. The highest BCUT2D eigenvalue weighted by Gasteiger charge is 2.43. The molecule has 0 radical (unpaired) electrons. The standard InChI is InChI=1S/C40H48N4O6/c1-25-7-5-10-30-32(25)22-33(38(30)40(48)50-36-24-44-18-15-26(36)16-19-44)42-27-8-6-9-28(21-27)49-20-4-2-3-17-41-23-35(46)29-11-13-34(45)39-31(29)12-14-37(47)43-39/h5-14,21,26,33,35-36,38,41-42,45-46H,2-4,15-20,22-24H2,1H3,(H,43,47)/t33?,35-,36-,38?/m0/s1. The first kappa shape index (κ1) is 34.1. The van der Waals surface area contributed by atoms with E-state index in [2.05, 4.69) is 39.6 Å². The van der Waals surface area contributed by atoms with Crippen molar-refractivity contribution in [3.05, 3.63) is 99.3 Å². The summed E-state index contributed by atoms with van der Waals surface area (Å²) in [6.07, 6.45) is 4.99. The number of benzene rings is 3. The smallest absolute Gasteiger partial charge is 0.315 e. The number of esters is 1. The van der Waals surface area contributed by atoms with Crippen LogP contribution in [0.3, 0.4) is 0 Å². The summed E-state index contributed by atoms with van der Waals surface area (Å²) in [7, 11) is 0. The molecule has 8 rings (SSSR count). The molecule has 264 valence electrons. The number of phenolic OH excluding ortho intramolecular Hbond substituents is 1. The second kappa shape index (κ2) is 15.2. The molecule has 4 aliphatic rings. The number of rotatable bonds is 14. The molecule has 50 heavy (non-hydrogen) atoms. The zero-order valence-electron chi connectivity index (χ0n) is 28.7. The summed E-state index contributed by atoms with van der Waals surface area (Å²) in [6, 6.07) is 20.3. The first-order chi connectivity index (χ1) is 24.3. The van der Waals surface area contributed by atoms with Gasteiger partial charge >= 0.3 is 5.97 Å². The van der Waals surface area contributed by atoms with Crippen LogP contribution in [0.2, 0.25) is 0 Å². The van der Waals surface area contributed by atoms with Crippen molar-refractivity contribution < 1.29 is 24.5 Å². The first-order valence-electron chi connectivity index (χ1n) is 18.1. The van der Waals surface area contributed by atoms with Crippen molar-refractivity contribution in [1.82, 2.24) is 15.2 Å². The zero-order valence-corrected chi connectivity index (χ0v) is 28.7. The number of unbranched alkanes of at least 4 members (excludes halogenated alkanes) is 2. The fourth-order valence-corrected chi connectivity index (χ4v) is 8.05. The van der Waals surface area contributed by atoms with Gasteiger partial charge in [-0.3, -0.25) is 14.5 Å². The summed E-state index contributed by atoms with van der Waals surface area (Å²) < 4.78 is 12.4. The molecule has 3 fully saturated rings. The molecule has 0 saturated carbocycles. The van der Waals surface area contributed by atoms with Crippen LogP contribution in [-0.4, -0.2) is 77.5 Å². The fourth-order valence-electron chi connectivity index (χ4n) is 8.05. The van der Waals surface area contributed by atoms with Gasteiger partial charge in [0.05, 0.1) is 18.2 Å². The van der Waals surface area contributed by atoms with Crippen LogP contribution in [-0.2, 0) is 16.0 Å². The first-order valence-corrected chi connectivity index (χ1v) is 18.1. The summed E-state index contributed by atoms with van der Waals surface area (Å²) >= 11 is 0. The summed E-state index contributed by atoms with van der Waals surface area (Å²) in [5.41, 5.74) is 5.13. The highest BCUT2D eigenvalue weighted by Crippen LogP contribution is 2.40. The number of nitrogens with zero attached hydrogens (tertiary/aromatic N) is 1. The third kappa shape index (κ3) is 7.52. The van der Waals surface area contributed by atoms with Gasteiger partial charge in [0.1, 0.15) is 23.5 Å². The number of hydrogen-bond donors (Lipinski definition) is 5. The van der Waals surface area contributed by atoms with Crippen molar-refractivity contribution in [3.63, 3.8) is 0 Å². The molecule has 4 atom stereocenters. The number of anilines is 1. The van der Waals surface area contributed by atoms with E-state index in [9.17, 15) is 19.8 Å². The lowest BCUT2D eigenvalue weighted by molar-refractivity contribution is -0.160. The van der Waals surface area contributed by atoms with Gasteiger partial charge in [-0.1, -0.05) is 30.3 Å². The van der Waals surface area contributed by atoms with E-state index in [1.807, 2.05) is 30.3 Å². The fraction of sp³-hybridized carbons (Fsp3) is 0.450. The molecule has 3 saturated heterocycles. The molecule has 4 heterocycles. The lowest BCUT2D eigenvalue weighted by atomic mass is 9.85. The van der Waals surface area contributed by atoms with Crippen molar-refractivity contribution in [3.8, 4) is 11.5 Å². The molecule has 10 nitrogen and oxygen atoms in total. The predicted molar refractivity (Wildman–Crippen MR) is 194 cm³/mol. The number of aromatic nitrogens is 1. The van der Waals surface area contributed by atoms with Crippen molar-refractivity contribution in [2.45, 2.75) is 69.6 Å². The van der Waals surface area contributed by atoms with Gasteiger partial charge in [-0.25, -0.2) is 0 Å². The van der Waals surface area contributed by atoms with E-state index in [0.29, 0.717) is 35.5 Å². The molecule has 2 unspecified atom stereocenters. The monoisotopic (exact) mass is 680 g/mol. The number of fused-ring (bicyclic) bond motifs is 5. The van der Waals surface area contributed by atoms with Crippen LogP contribution in [0.4, 0.5) is 5.69 Å². The van der Waals surface area contributed by atoms with E-state index in [4.69, 9.17) is 9.47 Å². The average Bonchev–Trinajstić information content (AvgIpc) is 3.49. The molecule has 2 bridgehead atoms. The maximum atomic E-state index is 13.8. The summed E-state index contributed by atoms with van der Waals surface area (Å²) in [6.45, 7) is 6.89. The summed E-state index contributed by atoms with van der Waals surface area (Å²) in [4.78, 5) is 30.6. The summed E-state index contributed by atoms with van der Waals surface area (Å²) in [5.74, 6) is 0.766. The number of nitrogens with one attached hydrogen (secondary N) is 3. The molecule has 0 amide bonds. The number of phenols is 1. The van der Waals surface area contributed by atoms with E-state index >= 15 is 0 Å². The van der Waals surface area contributed by atoms with Crippen molar-refractivity contribution >= 4 is 22.6 Å². The van der Waals surface area contributed by atoms with Crippen LogP contribution >= 0.6 is 0 Å². The van der Waals surface area contributed by atoms with Gasteiger partial charge in [0.25, 0.3) is 0 Å². The molecule has 5 N–H and O–H groups in total. The van der Waals surface area contributed by atoms with Crippen LogP contribution in [0.1, 0.15) is 66.4 Å². The Labute approximate surface area is 292 Å². The average molecular weight is 681 g/mol. The number of hydrogen-bond acceptors (Lipinski definition) is 9. The van der Waals surface area contributed by atoms with Gasteiger partial charge in [0.2, 0.25) is 5.56 Å². The van der Waals surface area contributed by atoms with Crippen molar-refractivity contribution in [1.29, 1.82) is 0 Å². The van der Waals surface area contributed by atoms with Crippen molar-refractivity contribution in [2.75, 3.05) is 44.6 Å². The Kier molecular flexibility index (Phi) is 10.4. The Morgan fingerprint density at radius 3 is 2.70 bits per heavy atom. The molecule has 3 aliphatic heterocycles. The highest BCUT2D eigenvalue weighted by atomic mass is 16.5. The number of ether oxygens (including phenoxy) is 2. The molecule has 4 aromatic rings. The van der Waals surface area contributed by atoms with Crippen LogP contribution in [0.25, 0.3) is 10.9 Å². The van der Waals surface area contributed by atoms with E-state index in [-0.39, 0.29) is 35.3 Å². The topological polar surface area (TPSA) is 136 Å². The number of aromatic amines is 1. The van der Waals surface area contributed by atoms with Gasteiger partial charge < -0.3 is 35.3 Å². The minimum Gasteiger partial charge on any atom is -0.506 e. The number of piperidine rings is 3. The van der Waals surface area contributed by atoms with E-state index in [0.717, 1.165) is 81.7 Å². The normalized spacial score (nSPS) is 23.0. The largest absolute Gasteiger partial charge is 0.506 e. The van der Waals surface area contributed by atoms with Gasteiger partial charge in [-0.05, 0) is 118 Å². The molecule has 10 heteroatoms. The number of H-pyrrole nitrogens is 1. The number of aliphatic hydroxyl groups excluding tert-OH is 1. The molecule has 0 spiro atoms. The van der Waals surface area contributed by atoms with E-state index < -0.39 is 6.10 Å². The van der Waals surface area contributed by atoms with Gasteiger partial charge in [0, 0.05) is 42.3 Å². The predicted octanol–water partition coefficient (Wildman–Crippen LogP) is 5.17. The maximum Gasteiger partial charge on any atom is 0.315 e. The molecule has 1 aliphatic carbocycles. The van der Waals surface area contributed by atoms with Crippen LogP contribution < -0.4 is 20.9 Å². The molecular formula is C40H48N4O6. The molecular weight excluding hydrogens is 632 g/mol. The molecule has 1 aromatic heterocycles. The molecule has 3 aromatic carbocycles. The lowest BCUT2D eigenvalue weighted by Crippen LogP contribution is -2.52. The maximum absolute atomic E-state index is 13.8. The Bertz CT molecular complexity index is 1870. The quantitative estimate of drug-likeness (QED) is 0.0903. The van der Waals surface area contributed by atoms with Crippen LogP contribution in [0, 0.1) is 12.8 Å². The minimum absolute atomic E-state index is 0.0150. The van der Waals surface area contributed by atoms with Crippen LogP contribution in [0.15, 0.2) is 71.5 Å². The lowest BCUT2D eigenvalue weighted by Gasteiger charge is -2.44. The summed E-state index contributed by atoms with van der Waals surface area (Å²) in [5, 5.41) is 28.5. The zero-order chi connectivity index (χ0) is 34.6. The van der Waals surface area contributed by atoms with Crippen LogP contribution in [0.5, 0.6) is 11.5 Å². The van der Waals surface area contributed by atoms with Crippen molar-refractivity contribution in [2.24, 2.45) is 5.92 Å². The Hall–Kier alpha value is -4.38. The third-order valence-electron chi connectivity index (χ3n) is 10.8. The second-order valence-electron chi connectivity index (χ2n) is 14.1. The van der Waals surface area contributed by atoms with Gasteiger partial charge in [0.15, 0.2) is 0 Å². The SMILES string of the molecule is Cc1cccc2c1CC(Nc1cccc(OCCCCCNC[C@H](O)c3ccc(O)c4[nH]c(=O)ccc34)c1)C2C(=O)O[C@H]1CN2CCC1CC2. The Morgan fingerprint density at radius 2 is 1.88 bits per heavy atom. The Balaban J connectivity index is 0.871. The number of aliphatic hydroxyl groups is 1. The second-order valence-corrected chi connectivity index (χ2v) is 14.1. The number of aromatic hydroxyl groups is 1. The number of pyridine rings is 1. The van der Waals surface area contributed by atoms with E-state index in [1.165, 1.54) is 23.3 Å². The highest BCUT2D eigenvalue weighted by molar-refractivity contribution is 5.87. The van der Waals surface area contributed by atoms with Gasteiger partial charge in [-0.15, -0.1) is 0 Å². The number of carbonyl (C=O) groups excluding carboxylic acids is 1. The van der Waals surface area contributed by atoms with Gasteiger partial charge in [-0.2, -0.15) is 0 Å². The minimum atomic E-state index is -0.776. The third-order valence-corrected chi connectivity index (χ3v) is 10.8. The van der Waals surface area contributed by atoms with E-state index in [1.54, 1.807) is 12.1 Å². The number of carbonyl (C=O) groups is 1. The number of aryl methyl sites for hydroxylation is 1.